The standard InChI is InChI=1S/C17H31NO2S/c19-21(20)12-6-9-15(21)13-18-17-11-5-4-10-16(17)14-7-2-1-3-8-14/h14-18H,1-13H2/t15-,16+,17-/m1/s1. The third-order valence-corrected chi connectivity index (χ3v) is 8.42. The van der Waals surface area contributed by atoms with Crippen LogP contribution in [0.1, 0.15) is 70.6 Å². The smallest absolute Gasteiger partial charge is 0.154 e. The molecule has 1 heterocycles. The van der Waals surface area contributed by atoms with Crippen LogP contribution in [0.4, 0.5) is 0 Å². The first-order valence-electron chi connectivity index (χ1n) is 9.12. The molecular formula is C17H31NO2S. The van der Waals surface area contributed by atoms with Crippen LogP contribution in [-0.2, 0) is 9.84 Å². The van der Waals surface area contributed by atoms with Gasteiger partial charge in [-0.25, -0.2) is 8.42 Å². The summed E-state index contributed by atoms with van der Waals surface area (Å²) < 4.78 is 24.0. The molecule has 0 aromatic rings. The summed E-state index contributed by atoms with van der Waals surface area (Å²) in [5, 5.41) is 3.58. The van der Waals surface area contributed by atoms with Crippen LogP contribution in [0.5, 0.6) is 0 Å². The molecule has 3 aliphatic rings. The van der Waals surface area contributed by atoms with Crippen molar-refractivity contribution in [3.63, 3.8) is 0 Å². The van der Waals surface area contributed by atoms with Gasteiger partial charge in [0, 0.05) is 12.6 Å². The van der Waals surface area contributed by atoms with Crippen LogP contribution in [0.25, 0.3) is 0 Å². The van der Waals surface area contributed by atoms with E-state index in [4.69, 9.17) is 0 Å². The van der Waals surface area contributed by atoms with Gasteiger partial charge in [-0.05, 0) is 37.5 Å². The Balaban J connectivity index is 1.56. The molecule has 4 heteroatoms. The fourth-order valence-electron chi connectivity index (χ4n) is 4.91. The summed E-state index contributed by atoms with van der Waals surface area (Å²) in [4.78, 5) is 0. The fourth-order valence-corrected chi connectivity index (χ4v) is 6.69. The molecule has 3 nitrogen and oxygen atoms in total. The molecule has 0 radical (unpaired) electrons. The van der Waals surface area contributed by atoms with Gasteiger partial charge in [0.15, 0.2) is 9.84 Å². The van der Waals surface area contributed by atoms with E-state index in [1.54, 1.807) is 0 Å². The van der Waals surface area contributed by atoms with Gasteiger partial charge in [-0.15, -0.1) is 0 Å². The predicted molar refractivity (Wildman–Crippen MR) is 87.1 cm³/mol. The Morgan fingerprint density at radius 2 is 1.52 bits per heavy atom. The highest BCUT2D eigenvalue weighted by atomic mass is 32.2. The molecule has 0 aromatic carbocycles. The minimum absolute atomic E-state index is 0.105. The number of hydrogen-bond donors (Lipinski definition) is 1. The topological polar surface area (TPSA) is 46.2 Å². The highest BCUT2D eigenvalue weighted by molar-refractivity contribution is 7.92. The molecule has 1 aliphatic heterocycles. The normalized spacial score (nSPS) is 37.6. The van der Waals surface area contributed by atoms with Crippen LogP contribution >= 0.6 is 0 Å². The molecule has 2 aliphatic carbocycles. The number of nitrogens with one attached hydrogen (secondary N) is 1. The van der Waals surface area contributed by atoms with Gasteiger partial charge in [0.2, 0.25) is 0 Å². The molecule has 2 saturated carbocycles. The maximum atomic E-state index is 12.0. The minimum Gasteiger partial charge on any atom is -0.312 e. The zero-order valence-corrected chi connectivity index (χ0v) is 14.0. The van der Waals surface area contributed by atoms with E-state index in [0.29, 0.717) is 18.3 Å². The molecule has 1 N–H and O–H groups in total. The summed E-state index contributed by atoms with van der Waals surface area (Å²) in [6.07, 6.45) is 14.1. The van der Waals surface area contributed by atoms with Crippen molar-refractivity contribution in [3.8, 4) is 0 Å². The second-order valence-electron chi connectivity index (χ2n) is 7.49. The highest BCUT2D eigenvalue weighted by Crippen LogP contribution is 2.38. The monoisotopic (exact) mass is 313 g/mol. The lowest BCUT2D eigenvalue weighted by molar-refractivity contribution is 0.150. The van der Waals surface area contributed by atoms with Crippen molar-refractivity contribution in [2.45, 2.75) is 81.9 Å². The summed E-state index contributed by atoms with van der Waals surface area (Å²) >= 11 is 0. The molecule has 3 atom stereocenters. The fraction of sp³-hybridized carbons (Fsp3) is 1.00. The van der Waals surface area contributed by atoms with E-state index in [-0.39, 0.29) is 5.25 Å². The van der Waals surface area contributed by atoms with Gasteiger partial charge >= 0.3 is 0 Å². The molecule has 122 valence electrons. The molecule has 21 heavy (non-hydrogen) atoms. The first-order valence-corrected chi connectivity index (χ1v) is 10.8. The van der Waals surface area contributed by atoms with Crippen molar-refractivity contribution in [2.75, 3.05) is 12.3 Å². The van der Waals surface area contributed by atoms with E-state index < -0.39 is 9.84 Å². The summed E-state index contributed by atoms with van der Waals surface area (Å²) in [5.41, 5.74) is 0. The maximum absolute atomic E-state index is 12.0. The average molecular weight is 314 g/mol. The SMILES string of the molecule is O=S1(=O)CCC[C@@H]1CN[C@@H]1CCCC[C@H]1C1CCCCC1. The van der Waals surface area contributed by atoms with Gasteiger partial charge in [-0.3, -0.25) is 0 Å². The Labute approximate surface area is 130 Å². The third kappa shape index (κ3) is 3.82. The van der Waals surface area contributed by atoms with Crippen LogP contribution in [0.2, 0.25) is 0 Å². The number of rotatable bonds is 4. The Kier molecular flexibility index (Phi) is 5.26. The largest absolute Gasteiger partial charge is 0.312 e. The lowest BCUT2D eigenvalue weighted by Gasteiger charge is -2.40. The summed E-state index contributed by atoms with van der Waals surface area (Å²) in [6.45, 7) is 0.705. The van der Waals surface area contributed by atoms with Gasteiger partial charge < -0.3 is 5.32 Å². The van der Waals surface area contributed by atoms with Crippen LogP contribution < -0.4 is 5.32 Å². The predicted octanol–water partition coefficient (Wildman–Crippen LogP) is 3.29. The van der Waals surface area contributed by atoms with Crippen molar-refractivity contribution in [1.29, 1.82) is 0 Å². The molecule has 1 saturated heterocycles. The second-order valence-corrected chi connectivity index (χ2v) is 9.89. The molecule has 3 fully saturated rings. The van der Waals surface area contributed by atoms with E-state index in [2.05, 4.69) is 5.32 Å². The number of hydrogen-bond acceptors (Lipinski definition) is 3. The zero-order chi connectivity index (χ0) is 14.7. The van der Waals surface area contributed by atoms with Crippen LogP contribution in [0.3, 0.4) is 0 Å². The summed E-state index contributed by atoms with van der Waals surface area (Å²) in [7, 11) is -2.79. The second kappa shape index (κ2) is 6.99. The quantitative estimate of drug-likeness (QED) is 0.866. The van der Waals surface area contributed by atoms with Crippen molar-refractivity contribution >= 4 is 9.84 Å². The van der Waals surface area contributed by atoms with Crippen LogP contribution in [-0.4, -0.2) is 32.0 Å². The van der Waals surface area contributed by atoms with Gasteiger partial charge in [0.1, 0.15) is 0 Å². The summed E-state index contributed by atoms with van der Waals surface area (Å²) in [6, 6.07) is 0.581. The van der Waals surface area contributed by atoms with Crippen molar-refractivity contribution in [2.24, 2.45) is 11.8 Å². The highest BCUT2D eigenvalue weighted by Gasteiger charge is 2.35. The number of sulfone groups is 1. The van der Waals surface area contributed by atoms with E-state index in [0.717, 1.165) is 24.7 Å². The van der Waals surface area contributed by atoms with Gasteiger partial charge in [-0.2, -0.15) is 0 Å². The van der Waals surface area contributed by atoms with E-state index in [9.17, 15) is 8.42 Å². The average Bonchev–Trinajstić information content (AvgIpc) is 2.85. The van der Waals surface area contributed by atoms with Gasteiger partial charge in [-0.1, -0.05) is 44.9 Å². The Morgan fingerprint density at radius 1 is 0.810 bits per heavy atom. The molecule has 0 spiro atoms. The molecule has 0 aromatic heterocycles. The van der Waals surface area contributed by atoms with Crippen LogP contribution in [0.15, 0.2) is 0 Å². The van der Waals surface area contributed by atoms with Crippen molar-refractivity contribution < 1.29 is 8.42 Å². The van der Waals surface area contributed by atoms with E-state index >= 15 is 0 Å². The van der Waals surface area contributed by atoms with Crippen molar-refractivity contribution in [3.05, 3.63) is 0 Å². The van der Waals surface area contributed by atoms with Crippen molar-refractivity contribution in [1.82, 2.24) is 5.32 Å². The molecule has 0 amide bonds. The van der Waals surface area contributed by atoms with Gasteiger partial charge in [0.05, 0.1) is 11.0 Å². The zero-order valence-electron chi connectivity index (χ0n) is 13.2. The van der Waals surface area contributed by atoms with Gasteiger partial charge in [0.25, 0.3) is 0 Å². The Hall–Kier alpha value is -0.0900. The first-order chi connectivity index (χ1) is 10.2. The Bertz CT molecular complexity index is 428. The Morgan fingerprint density at radius 3 is 2.24 bits per heavy atom. The summed E-state index contributed by atoms with van der Waals surface area (Å²) in [5.74, 6) is 2.12. The molecule has 0 bridgehead atoms. The lowest BCUT2D eigenvalue weighted by atomic mass is 9.71. The lowest BCUT2D eigenvalue weighted by Crippen LogP contribution is -2.45. The van der Waals surface area contributed by atoms with E-state index in [1.807, 2.05) is 0 Å². The van der Waals surface area contributed by atoms with Crippen LogP contribution in [0, 0.1) is 11.8 Å². The minimum atomic E-state index is -2.79. The van der Waals surface area contributed by atoms with E-state index in [1.165, 1.54) is 57.8 Å². The first kappa shape index (κ1) is 15.8. The molecule has 3 rings (SSSR count). The molecular weight excluding hydrogens is 282 g/mol. The maximum Gasteiger partial charge on any atom is 0.154 e. The third-order valence-electron chi connectivity index (χ3n) is 6.15. The molecule has 0 unspecified atom stereocenters.